The number of pyridine rings is 1. The standard InChI is InChI=1S/C17H23N3O/c1-4-5-8-12(2)19-17(21)15-11-13-9-6-7-10-14(13)16(18-3)20-15/h6-7,9-12H,4-5,8H2,1-3H3,(H,18,20)(H,19,21). The van der Waals surface area contributed by atoms with Gasteiger partial charge in [0.15, 0.2) is 0 Å². The van der Waals surface area contributed by atoms with Crippen molar-refractivity contribution in [3.63, 3.8) is 0 Å². The number of hydrogen-bond acceptors (Lipinski definition) is 3. The Labute approximate surface area is 126 Å². The lowest BCUT2D eigenvalue weighted by atomic mass is 10.1. The van der Waals surface area contributed by atoms with Gasteiger partial charge in [-0.3, -0.25) is 4.79 Å². The lowest BCUT2D eigenvalue weighted by molar-refractivity contribution is 0.0933. The normalized spacial score (nSPS) is 12.1. The Hall–Kier alpha value is -2.10. The van der Waals surface area contributed by atoms with Crippen LogP contribution in [0.4, 0.5) is 5.82 Å². The van der Waals surface area contributed by atoms with Crippen molar-refractivity contribution in [1.29, 1.82) is 0 Å². The maximum atomic E-state index is 12.3. The van der Waals surface area contributed by atoms with Gasteiger partial charge in [-0.05, 0) is 24.8 Å². The molecule has 1 aromatic carbocycles. The smallest absolute Gasteiger partial charge is 0.270 e. The second kappa shape index (κ2) is 7.07. The fourth-order valence-electron chi connectivity index (χ4n) is 2.39. The van der Waals surface area contributed by atoms with Crippen LogP contribution in [0.5, 0.6) is 0 Å². The van der Waals surface area contributed by atoms with Gasteiger partial charge in [-0.25, -0.2) is 4.98 Å². The monoisotopic (exact) mass is 285 g/mol. The van der Waals surface area contributed by atoms with Gasteiger partial charge >= 0.3 is 0 Å². The minimum Gasteiger partial charge on any atom is -0.373 e. The minimum atomic E-state index is -0.110. The molecule has 1 heterocycles. The Kier molecular flexibility index (Phi) is 5.14. The lowest BCUT2D eigenvalue weighted by Gasteiger charge is -2.14. The molecule has 0 aliphatic carbocycles. The van der Waals surface area contributed by atoms with Crippen LogP contribution in [0.2, 0.25) is 0 Å². The number of carbonyl (C=O) groups excluding carboxylic acids is 1. The van der Waals surface area contributed by atoms with E-state index in [1.165, 1.54) is 0 Å². The van der Waals surface area contributed by atoms with Crippen LogP contribution in [0.3, 0.4) is 0 Å². The molecule has 112 valence electrons. The molecule has 2 aromatic rings. The van der Waals surface area contributed by atoms with E-state index in [-0.39, 0.29) is 11.9 Å². The Bertz CT molecular complexity index is 624. The molecule has 0 radical (unpaired) electrons. The maximum Gasteiger partial charge on any atom is 0.270 e. The Morgan fingerprint density at radius 2 is 2.10 bits per heavy atom. The Morgan fingerprint density at radius 3 is 2.81 bits per heavy atom. The van der Waals surface area contributed by atoms with Crippen molar-refractivity contribution in [2.45, 2.75) is 39.2 Å². The van der Waals surface area contributed by atoms with E-state index in [1.807, 2.05) is 44.3 Å². The number of amides is 1. The molecule has 1 atom stereocenters. The molecule has 1 unspecified atom stereocenters. The molecule has 1 amide bonds. The molecule has 1 aromatic heterocycles. The highest BCUT2D eigenvalue weighted by molar-refractivity contribution is 6.00. The molecule has 0 aliphatic rings. The number of aromatic nitrogens is 1. The SMILES string of the molecule is CCCCC(C)NC(=O)c1cc2ccccc2c(NC)n1. The van der Waals surface area contributed by atoms with Crippen LogP contribution in [0.25, 0.3) is 10.8 Å². The van der Waals surface area contributed by atoms with E-state index in [1.54, 1.807) is 0 Å². The zero-order valence-corrected chi connectivity index (χ0v) is 12.9. The third kappa shape index (κ3) is 3.72. The van der Waals surface area contributed by atoms with Crippen molar-refractivity contribution in [3.05, 3.63) is 36.0 Å². The van der Waals surface area contributed by atoms with Gasteiger partial charge in [0.05, 0.1) is 0 Å². The van der Waals surface area contributed by atoms with E-state index in [0.29, 0.717) is 5.69 Å². The summed E-state index contributed by atoms with van der Waals surface area (Å²) in [5.74, 6) is 0.625. The summed E-state index contributed by atoms with van der Waals surface area (Å²) in [6.07, 6.45) is 3.25. The molecule has 0 spiro atoms. The van der Waals surface area contributed by atoms with Crippen molar-refractivity contribution < 1.29 is 4.79 Å². The van der Waals surface area contributed by atoms with Gasteiger partial charge in [0.25, 0.3) is 5.91 Å². The first-order valence-electron chi connectivity index (χ1n) is 7.54. The topological polar surface area (TPSA) is 54.0 Å². The molecular weight excluding hydrogens is 262 g/mol. The molecule has 4 heteroatoms. The molecule has 0 saturated heterocycles. The van der Waals surface area contributed by atoms with Gasteiger partial charge in [0.1, 0.15) is 11.5 Å². The van der Waals surface area contributed by atoms with Crippen molar-refractivity contribution in [2.24, 2.45) is 0 Å². The maximum absolute atomic E-state index is 12.3. The third-order valence-electron chi connectivity index (χ3n) is 3.58. The molecule has 0 saturated carbocycles. The predicted octanol–water partition coefficient (Wildman–Crippen LogP) is 3.59. The number of nitrogens with zero attached hydrogens (tertiary/aromatic N) is 1. The van der Waals surface area contributed by atoms with Crippen LogP contribution in [0.15, 0.2) is 30.3 Å². The quantitative estimate of drug-likeness (QED) is 0.853. The summed E-state index contributed by atoms with van der Waals surface area (Å²) in [4.78, 5) is 16.8. The summed E-state index contributed by atoms with van der Waals surface area (Å²) in [5.41, 5.74) is 0.460. The average molecular weight is 285 g/mol. The van der Waals surface area contributed by atoms with Crippen LogP contribution in [-0.2, 0) is 0 Å². The van der Waals surface area contributed by atoms with E-state index in [2.05, 4.69) is 22.5 Å². The first-order valence-corrected chi connectivity index (χ1v) is 7.54. The highest BCUT2D eigenvalue weighted by Gasteiger charge is 2.13. The van der Waals surface area contributed by atoms with Gasteiger partial charge in [0.2, 0.25) is 0 Å². The molecule has 0 aliphatic heterocycles. The molecule has 4 nitrogen and oxygen atoms in total. The number of carbonyl (C=O) groups is 1. The summed E-state index contributed by atoms with van der Waals surface area (Å²) in [7, 11) is 1.82. The van der Waals surface area contributed by atoms with Crippen LogP contribution < -0.4 is 10.6 Å². The predicted molar refractivity (Wildman–Crippen MR) is 87.7 cm³/mol. The zero-order valence-electron chi connectivity index (χ0n) is 12.9. The number of unbranched alkanes of at least 4 members (excludes halogenated alkanes) is 1. The fourth-order valence-corrected chi connectivity index (χ4v) is 2.39. The minimum absolute atomic E-state index is 0.110. The van der Waals surface area contributed by atoms with Crippen LogP contribution in [-0.4, -0.2) is 24.0 Å². The van der Waals surface area contributed by atoms with Crippen molar-refractivity contribution in [3.8, 4) is 0 Å². The third-order valence-corrected chi connectivity index (χ3v) is 3.58. The highest BCUT2D eigenvalue weighted by atomic mass is 16.1. The fraction of sp³-hybridized carbons (Fsp3) is 0.412. The summed E-state index contributed by atoms with van der Waals surface area (Å²) in [5, 5.41) is 8.12. The van der Waals surface area contributed by atoms with E-state index in [9.17, 15) is 4.79 Å². The first-order chi connectivity index (χ1) is 10.2. The number of fused-ring (bicyclic) bond motifs is 1. The van der Waals surface area contributed by atoms with Crippen LogP contribution in [0.1, 0.15) is 43.6 Å². The summed E-state index contributed by atoms with van der Waals surface area (Å²) < 4.78 is 0. The molecule has 0 bridgehead atoms. The van der Waals surface area contributed by atoms with Crippen molar-refractivity contribution in [2.75, 3.05) is 12.4 Å². The van der Waals surface area contributed by atoms with Crippen molar-refractivity contribution >= 4 is 22.5 Å². The molecule has 2 N–H and O–H groups in total. The van der Waals surface area contributed by atoms with Gasteiger partial charge in [0, 0.05) is 18.5 Å². The first kappa shape index (κ1) is 15.3. The number of nitrogens with one attached hydrogen (secondary N) is 2. The van der Waals surface area contributed by atoms with Gasteiger partial charge in [-0.15, -0.1) is 0 Å². The van der Waals surface area contributed by atoms with E-state index < -0.39 is 0 Å². The van der Waals surface area contributed by atoms with E-state index in [4.69, 9.17) is 0 Å². The number of hydrogen-bond donors (Lipinski definition) is 2. The summed E-state index contributed by atoms with van der Waals surface area (Å²) >= 11 is 0. The van der Waals surface area contributed by atoms with Gasteiger partial charge < -0.3 is 10.6 Å². The second-order valence-corrected chi connectivity index (χ2v) is 5.34. The number of anilines is 1. The van der Waals surface area contributed by atoms with E-state index in [0.717, 1.165) is 35.9 Å². The van der Waals surface area contributed by atoms with Crippen molar-refractivity contribution in [1.82, 2.24) is 10.3 Å². The summed E-state index contributed by atoms with van der Waals surface area (Å²) in [6.45, 7) is 4.19. The second-order valence-electron chi connectivity index (χ2n) is 5.34. The number of rotatable bonds is 6. The van der Waals surface area contributed by atoms with Crippen LogP contribution >= 0.6 is 0 Å². The largest absolute Gasteiger partial charge is 0.373 e. The zero-order chi connectivity index (χ0) is 15.2. The molecule has 0 fully saturated rings. The number of benzene rings is 1. The Balaban J connectivity index is 2.23. The van der Waals surface area contributed by atoms with Gasteiger partial charge in [-0.2, -0.15) is 0 Å². The lowest BCUT2D eigenvalue weighted by Crippen LogP contribution is -2.33. The highest BCUT2D eigenvalue weighted by Crippen LogP contribution is 2.22. The summed E-state index contributed by atoms with van der Waals surface area (Å²) in [6, 6.07) is 9.95. The molecule has 2 rings (SSSR count). The molecular formula is C17H23N3O. The average Bonchev–Trinajstić information content (AvgIpc) is 2.51. The Morgan fingerprint density at radius 1 is 1.33 bits per heavy atom. The van der Waals surface area contributed by atoms with E-state index >= 15 is 0 Å². The molecule has 21 heavy (non-hydrogen) atoms. The van der Waals surface area contributed by atoms with Crippen LogP contribution in [0, 0.1) is 0 Å². The van der Waals surface area contributed by atoms with Gasteiger partial charge in [-0.1, -0.05) is 44.0 Å².